The van der Waals surface area contributed by atoms with Gasteiger partial charge in [-0.05, 0) is 12.3 Å². The molecule has 0 aliphatic carbocycles. The van der Waals surface area contributed by atoms with Gasteiger partial charge in [-0.15, -0.1) is 35.0 Å². The van der Waals surface area contributed by atoms with Crippen LogP contribution >= 0.6 is 0 Å². The van der Waals surface area contributed by atoms with Gasteiger partial charge >= 0.3 is 0 Å². The first-order valence-electron chi connectivity index (χ1n) is 7.12. The summed E-state index contributed by atoms with van der Waals surface area (Å²) in [6, 6.07) is 13.4. The summed E-state index contributed by atoms with van der Waals surface area (Å²) >= 11 is 0. The normalized spacial score (nSPS) is 12.0. The average Bonchev–Trinajstić information content (AvgIpc) is 2.85. The molecule has 0 unspecified atom stereocenters. The van der Waals surface area contributed by atoms with Gasteiger partial charge in [-0.3, -0.25) is 9.97 Å². The van der Waals surface area contributed by atoms with Crippen molar-refractivity contribution in [2.75, 3.05) is 0 Å². The van der Waals surface area contributed by atoms with E-state index < -0.39 is 0 Å². The summed E-state index contributed by atoms with van der Waals surface area (Å²) in [6.07, 6.45) is 3.93. The molecular formula is C18H16IrN3-. The molecule has 1 aromatic carbocycles. The third-order valence-corrected chi connectivity index (χ3v) is 3.82. The van der Waals surface area contributed by atoms with Crippen LogP contribution in [-0.2, 0) is 25.5 Å². The van der Waals surface area contributed by atoms with Crippen LogP contribution in [0.1, 0.15) is 26.5 Å². The van der Waals surface area contributed by atoms with Gasteiger partial charge < -0.3 is 4.40 Å². The van der Waals surface area contributed by atoms with E-state index in [1.54, 1.807) is 0 Å². The Morgan fingerprint density at radius 2 is 1.95 bits per heavy atom. The second kappa shape index (κ2) is 5.15. The van der Waals surface area contributed by atoms with Crippen LogP contribution in [-0.4, -0.2) is 14.4 Å². The van der Waals surface area contributed by atoms with E-state index in [1.807, 2.05) is 24.4 Å². The van der Waals surface area contributed by atoms with Gasteiger partial charge in [0.25, 0.3) is 0 Å². The molecule has 0 fully saturated rings. The molecule has 0 saturated heterocycles. The Kier molecular flexibility index (Phi) is 3.54. The second-order valence-electron chi connectivity index (χ2n) is 6.40. The molecule has 0 N–H and O–H groups in total. The number of hydrogen-bond donors (Lipinski definition) is 0. The third kappa shape index (κ3) is 2.14. The van der Waals surface area contributed by atoms with E-state index in [2.05, 4.69) is 54.6 Å². The minimum Gasteiger partial charge on any atom is -0.339 e. The average molecular weight is 467 g/mol. The summed E-state index contributed by atoms with van der Waals surface area (Å²) in [5.41, 5.74) is 4.08. The summed E-state index contributed by atoms with van der Waals surface area (Å²) < 4.78 is 2.14. The minimum absolute atomic E-state index is 0. The Balaban J connectivity index is 0.00000144. The Morgan fingerprint density at radius 1 is 1.14 bits per heavy atom. The maximum atomic E-state index is 4.81. The Bertz CT molecular complexity index is 980. The first-order chi connectivity index (χ1) is 10.1. The molecule has 0 atom stereocenters. The molecule has 0 bridgehead atoms. The Morgan fingerprint density at radius 3 is 2.73 bits per heavy atom. The number of benzene rings is 1. The van der Waals surface area contributed by atoms with E-state index in [-0.39, 0.29) is 25.5 Å². The molecule has 113 valence electrons. The fraction of sp³-hybridized carbons (Fsp3) is 0.222. The SMILES string of the molecule is CC(C)(C)c1nccc2nc3c4[c-]cccc4ccn3c12.[Ir]. The molecular weight excluding hydrogens is 450 g/mol. The van der Waals surface area contributed by atoms with Crippen molar-refractivity contribution in [1.82, 2.24) is 14.4 Å². The van der Waals surface area contributed by atoms with Gasteiger partial charge in [0.15, 0.2) is 0 Å². The van der Waals surface area contributed by atoms with Crippen LogP contribution in [0.5, 0.6) is 0 Å². The quantitative estimate of drug-likeness (QED) is 0.365. The van der Waals surface area contributed by atoms with Crippen molar-refractivity contribution >= 4 is 27.5 Å². The van der Waals surface area contributed by atoms with Gasteiger partial charge in [-0.1, -0.05) is 26.8 Å². The van der Waals surface area contributed by atoms with Crippen LogP contribution in [0.2, 0.25) is 0 Å². The van der Waals surface area contributed by atoms with E-state index in [4.69, 9.17) is 4.98 Å². The number of aromatic nitrogens is 3. The summed E-state index contributed by atoms with van der Waals surface area (Å²) in [6.45, 7) is 6.55. The minimum atomic E-state index is -0.0230. The molecule has 0 aliphatic heterocycles. The second-order valence-corrected chi connectivity index (χ2v) is 6.40. The number of fused-ring (bicyclic) bond motifs is 5. The van der Waals surface area contributed by atoms with Crippen molar-refractivity contribution in [3.63, 3.8) is 0 Å². The van der Waals surface area contributed by atoms with Crippen molar-refractivity contribution in [2.45, 2.75) is 26.2 Å². The van der Waals surface area contributed by atoms with Crippen molar-refractivity contribution in [1.29, 1.82) is 0 Å². The fourth-order valence-corrected chi connectivity index (χ4v) is 2.85. The molecule has 3 heterocycles. The topological polar surface area (TPSA) is 30.2 Å². The van der Waals surface area contributed by atoms with Crippen LogP contribution in [0.3, 0.4) is 0 Å². The van der Waals surface area contributed by atoms with Crippen molar-refractivity contribution in [2.24, 2.45) is 0 Å². The first-order valence-corrected chi connectivity index (χ1v) is 7.12. The van der Waals surface area contributed by atoms with Crippen LogP contribution in [0.4, 0.5) is 0 Å². The zero-order valence-corrected chi connectivity index (χ0v) is 15.1. The monoisotopic (exact) mass is 467 g/mol. The smallest absolute Gasteiger partial charge is 0.0855 e. The first kappa shape index (κ1) is 15.1. The predicted octanol–water partition coefficient (Wildman–Crippen LogP) is 4.13. The number of rotatable bonds is 0. The van der Waals surface area contributed by atoms with Gasteiger partial charge in [0.1, 0.15) is 0 Å². The number of imidazole rings is 1. The molecule has 4 aromatic rings. The Labute approximate surface area is 142 Å². The van der Waals surface area contributed by atoms with Gasteiger partial charge in [0.05, 0.1) is 22.4 Å². The van der Waals surface area contributed by atoms with E-state index in [0.717, 1.165) is 33.1 Å². The molecule has 1 radical (unpaired) electrons. The third-order valence-electron chi connectivity index (χ3n) is 3.82. The predicted molar refractivity (Wildman–Crippen MR) is 85.5 cm³/mol. The van der Waals surface area contributed by atoms with Gasteiger partial charge in [-0.25, -0.2) is 0 Å². The van der Waals surface area contributed by atoms with Crippen molar-refractivity contribution in [3.05, 3.63) is 54.5 Å². The summed E-state index contributed by atoms with van der Waals surface area (Å²) in [5.74, 6) is 0. The van der Waals surface area contributed by atoms with Crippen LogP contribution in [0.25, 0.3) is 27.5 Å². The van der Waals surface area contributed by atoms with Crippen LogP contribution in [0.15, 0.2) is 42.7 Å². The Hall–Kier alpha value is -1.77. The molecule has 0 amide bonds. The zero-order chi connectivity index (χ0) is 14.6. The van der Waals surface area contributed by atoms with Crippen molar-refractivity contribution in [3.8, 4) is 0 Å². The number of nitrogens with zero attached hydrogens (tertiary/aromatic N) is 3. The molecule has 0 aliphatic rings. The summed E-state index contributed by atoms with van der Waals surface area (Å²) in [4.78, 5) is 9.42. The standard InChI is InChI=1S/C18H16N3.Ir/c1-18(2,3)16-15-14(8-10-19-16)20-17-13-7-5-4-6-12(13)9-11-21(15)17;/h4-6,8-11H,1-3H3;/q-1;. The van der Waals surface area contributed by atoms with E-state index in [1.165, 1.54) is 0 Å². The summed E-state index contributed by atoms with van der Waals surface area (Å²) in [5, 5.41) is 2.21. The molecule has 4 heteroatoms. The largest absolute Gasteiger partial charge is 0.339 e. The molecule has 0 saturated carbocycles. The van der Waals surface area contributed by atoms with E-state index >= 15 is 0 Å². The van der Waals surface area contributed by atoms with E-state index in [0.29, 0.717) is 0 Å². The maximum Gasteiger partial charge on any atom is 0.0855 e. The molecule has 3 nitrogen and oxygen atoms in total. The summed E-state index contributed by atoms with van der Waals surface area (Å²) in [7, 11) is 0. The van der Waals surface area contributed by atoms with Crippen LogP contribution < -0.4 is 0 Å². The molecule has 0 spiro atoms. The zero-order valence-electron chi connectivity index (χ0n) is 12.7. The van der Waals surface area contributed by atoms with Gasteiger partial charge in [-0.2, -0.15) is 0 Å². The van der Waals surface area contributed by atoms with Gasteiger partial charge in [0, 0.05) is 31.7 Å². The molecule has 3 aromatic heterocycles. The maximum absolute atomic E-state index is 4.81. The molecule has 22 heavy (non-hydrogen) atoms. The van der Waals surface area contributed by atoms with E-state index in [9.17, 15) is 0 Å². The number of pyridine rings is 2. The van der Waals surface area contributed by atoms with Gasteiger partial charge in [0.2, 0.25) is 0 Å². The number of hydrogen-bond acceptors (Lipinski definition) is 2. The fourth-order valence-electron chi connectivity index (χ4n) is 2.85. The van der Waals surface area contributed by atoms with Crippen molar-refractivity contribution < 1.29 is 20.1 Å². The van der Waals surface area contributed by atoms with Crippen LogP contribution in [0, 0.1) is 6.07 Å². The molecule has 4 rings (SSSR count).